The van der Waals surface area contributed by atoms with Crippen LogP contribution in [0.15, 0.2) is 36.4 Å². The van der Waals surface area contributed by atoms with Crippen molar-refractivity contribution in [2.45, 2.75) is 6.92 Å². The second-order valence-electron chi connectivity index (χ2n) is 3.85. The molecule has 0 unspecified atom stereocenters. The number of hydrogen-bond acceptors (Lipinski definition) is 2. The summed E-state index contributed by atoms with van der Waals surface area (Å²) in [5, 5.41) is 0. The highest BCUT2D eigenvalue weighted by Gasteiger charge is 2.13. The predicted octanol–water partition coefficient (Wildman–Crippen LogP) is 3.88. The van der Waals surface area contributed by atoms with E-state index in [0.717, 1.165) is 17.7 Å². The average molecular weight is 248 g/mol. The largest absolute Gasteiger partial charge is 0.451 e. The van der Waals surface area contributed by atoms with Crippen molar-refractivity contribution in [3.8, 4) is 11.5 Å². The van der Waals surface area contributed by atoms with Gasteiger partial charge in [0.15, 0.2) is 17.4 Å². The smallest absolute Gasteiger partial charge is 0.198 e. The number of aryl methyl sites for hydroxylation is 1. The minimum atomic E-state index is -0.905. The summed E-state index contributed by atoms with van der Waals surface area (Å²) in [5.74, 6) is -1.99. The molecule has 0 amide bonds. The van der Waals surface area contributed by atoms with Crippen molar-refractivity contribution in [3.63, 3.8) is 0 Å². The fourth-order valence-corrected chi connectivity index (χ4v) is 1.47. The van der Waals surface area contributed by atoms with E-state index in [9.17, 15) is 13.6 Å². The summed E-state index contributed by atoms with van der Waals surface area (Å²) in [5.41, 5.74) is 0.945. The normalized spacial score (nSPS) is 10.2. The van der Waals surface area contributed by atoms with Gasteiger partial charge in [-0.3, -0.25) is 4.79 Å². The van der Waals surface area contributed by atoms with Crippen LogP contribution >= 0.6 is 0 Å². The summed E-state index contributed by atoms with van der Waals surface area (Å²) in [6, 6.07) is 8.62. The Labute approximate surface area is 103 Å². The molecule has 18 heavy (non-hydrogen) atoms. The zero-order valence-electron chi connectivity index (χ0n) is 9.61. The van der Waals surface area contributed by atoms with E-state index >= 15 is 0 Å². The van der Waals surface area contributed by atoms with Crippen LogP contribution in [0, 0.1) is 18.6 Å². The Bertz CT molecular complexity index is 554. The van der Waals surface area contributed by atoms with Gasteiger partial charge in [-0.2, -0.15) is 0 Å². The van der Waals surface area contributed by atoms with Gasteiger partial charge < -0.3 is 4.74 Å². The van der Waals surface area contributed by atoms with Crippen LogP contribution in [0.3, 0.4) is 0 Å². The van der Waals surface area contributed by atoms with Crippen LogP contribution in [0.1, 0.15) is 15.9 Å². The first kappa shape index (κ1) is 12.2. The van der Waals surface area contributed by atoms with E-state index in [0.29, 0.717) is 12.0 Å². The lowest BCUT2D eigenvalue weighted by molar-refractivity contribution is 0.112. The molecule has 0 saturated heterocycles. The molecule has 0 fully saturated rings. The van der Waals surface area contributed by atoms with Crippen molar-refractivity contribution in [1.82, 2.24) is 0 Å². The Kier molecular flexibility index (Phi) is 3.37. The van der Waals surface area contributed by atoms with Crippen molar-refractivity contribution >= 4 is 6.29 Å². The van der Waals surface area contributed by atoms with E-state index < -0.39 is 17.4 Å². The fraction of sp³-hybridized carbons (Fsp3) is 0.0714. The third kappa shape index (κ3) is 2.53. The van der Waals surface area contributed by atoms with Crippen molar-refractivity contribution < 1.29 is 18.3 Å². The van der Waals surface area contributed by atoms with E-state index in [-0.39, 0.29) is 5.56 Å². The van der Waals surface area contributed by atoms with Crippen LogP contribution in [0.25, 0.3) is 0 Å². The van der Waals surface area contributed by atoms with Gasteiger partial charge >= 0.3 is 0 Å². The van der Waals surface area contributed by atoms with Gasteiger partial charge in [0.2, 0.25) is 0 Å². The van der Waals surface area contributed by atoms with E-state index in [2.05, 4.69) is 0 Å². The quantitative estimate of drug-likeness (QED) is 0.770. The third-order valence-electron chi connectivity index (χ3n) is 2.40. The highest BCUT2D eigenvalue weighted by molar-refractivity contribution is 5.75. The summed E-state index contributed by atoms with van der Waals surface area (Å²) in [7, 11) is 0. The predicted molar refractivity (Wildman–Crippen MR) is 63.0 cm³/mol. The lowest BCUT2D eigenvalue weighted by Crippen LogP contribution is -1.95. The summed E-state index contributed by atoms with van der Waals surface area (Å²) in [4.78, 5) is 10.4. The lowest BCUT2D eigenvalue weighted by Gasteiger charge is -2.08. The summed E-state index contributed by atoms with van der Waals surface area (Å²) < 4.78 is 32.2. The first-order chi connectivity index (χ1) is 8.60. The van der Waals surface area contributed by atoms with Crippen LogP contribution in [0.2, 0.25) is 0 Å². The highest BCUT2D eigenvalue weighted by atomic mass is 19.1. The molecule has 0 radical (unpaired) electrons. The second kappa shape index (κ2) is 4.96. The van der Waals surface area contributed by atoms with Gasteiger partial charge in [-0.15, -0.1) is 0 Å². The fourth-order valence-electron chi connectivity index (χ4n) is 1.47. The molecule has 0 aliphatic rings. The summed E-state index contributed by atoms with van der Waals surface area (Å²) >= 11 is 0. The minimum absolute atomic E-state index is 0.0683. The molecule has 0 saturated carbocycles. The maximum Gasteiger partial charge on any atom is 0.198 e. The Hall–Kier alpha value is -2.23. The molecule has 0 bridgehead atoms. The molecule has 2 aromatic carbocycles. The molecule has 4 heteroatoms. The lowest BCUT2D eigenvalue weighted by atomic mass is 10.2. The van der Waals surface area contributed by atoms with Crippen LogP contribution < -0.4 is 4.74 Å². The molecular weight excluding hydrogens is 238 g/mol. The molecule has 92 valence electrons. The first-order valence-electron chi connectivity index (χ1n) is 5.29. The summed E-state index contributed by atoms with van der Waals surface area (Å²) in [6.45, 7) is 1.89. The van der Waals surface area contributed by atoms with E-state index in [1.807, 2.05) is 6.92 Å². The van der Waals surface area contributed by atoms with Crippen molar-refractivity contribution in [1.29, 1.82) is 0 Å². The van der Waals surface area contributed by atoms with Gasteiger partial charge in [-0.25, -0.2) is 8.78 Å². The SMILES string of the molecule is Cc1ccc(Oc2c(F)cc(C=O)cc2F)cc1. The standard InChI is InChI=1S/C14H10F2O2/c1-9-2-4-11(5-3-9)18-14-12(15)6-10(8-17)7-13(14)16/h2-8H,1H3. The molecule has 0 aliphatic carbocycles. The molecule has 0 atom stereocenters. The van der Waals surface area contributed by atoms with E-state index in [4.69, 9.17) is 4.74 Å². The molecule has 2 rings (SSSR count). The average Bonchev–Trinajstić information content (AvgIpc) is 2.35. The minimum Gasteiger partial charge on any atom is -0.451 e. The molecule has 0 spiro atoms. The van der Waals surface area contributed by atoms with Gasteiger partial charge in [-0.05, 0) is 31.2 Å². The number of hydrogen-bond donors (Lipinski definition) is 0. The Morgan fingerprint density at radius 2 is 1.61 bits per heavy atom. The topological polar surface area (TPSA) is 26.3 Å². The van der Waals surface area contributed by atoms with Crippen molar-refractivity contribution in [3.05, 3.63) is 59.2 Å². The number of carbonyl (C=O) groups is 1. The maximum atomic E-state index is 13.5. The van der Waals surface area contributed by atoms with Gasteiger partial charge in [0.1, 0.15) is 12.0 Å². The van der Waals surface area contributed by atoms with Gasteiger partial charge in [-0.1, -0.05) is 17.7 Å². The van der Waals surface area contributed by atoms with Crippen molar-refractivity contribution in [2.24, 2.45) is 0 Å². The van der Waals surface area contributed by atoms with E-state index in [1.54, 1.807) is 24.3 Å². The number of rotatable bonds is 3. The molecule has 2 aromatic rings. The number of halogens is 2. The summed E-state index contributed by atoms with van der Waals surface area (Å²) in [6.07, 6.45) is 0.377. The number of benzene rings is 2. The van der Waals surface area contributed by atoms with Gasteiger partial charge in [0, 0.05) is 5.56 Å². The Morgan fingerprint density at radius 1 is 1.06 bits per heavy atom. The van der Waals surface area contributed by atoms with Crippen molar-refractivity contribution in [2.75, 3.05) is 0 Å². The van der Waals surface area contributed by atoms with E-state index in [1.165, 1.54) is 0 Å². The molecule has 0 N–H and O–H groups in total. The third-order valence-corrected chi connectivity index (χ3v) is 2.40. The number of carbonyl (C=O) groups excluding carboxylic acids is 1. The van der Waals surface area contributed by atoms with Gasteiger partial charge in [0.25, 0.3) is 0 Å². The first-order valence-corrected chi connectivity index (χ1v) is 5.29. The van der Waals surface area contributed by atoms with Crippen LogP contribution in [0.4, 0.5) is 8.78 Å². The zero-order chi connectivity index (χ0) is 13.1. The molecular formula is C14H10F2O2. The zero-order valence-corrected chi connectivity index (χ0v) is 9.61. The molecule has 0 heterocycles. The monoisotopic (exact) mass is 248 g/mol. The van der Waals surface area contributed by atoms with Crippen LogP contribution in [-0.4, -0.2) is 6.29 Å². The van der Waals surface area contributed by atoms with Crippen LogP contribution in [0.5, 0.6) is 11.5 Å². The second-order valence-corrected chi connectivity index (χ2v) is 3.85. The van der Waals surface area contributed by atoms with Crippen LogP contribution in [-0.2, 0) is 0 Å². The Morgan fingerprint density at radius 3 is 2.11 bits per heavy atom. The maximum absolute atomic E-state index is 13.5. The molecule has 0 aliphatic heterocycles. The number of aldehydes is 1. The van der Waals surface area contributed by atoms with Gasteiger partial charge in [0.05, 0.1) is 0 Å². The molecule has 0 aromatic heterocycles. The number of ether oxygens (including phenoxy) is 1. The molecule has 2 nitrogen and oxygen atoms in total. The Balaban J connectivity index is 2.34. The highest BCUT2D eigenvalue weighted by Crippen LogP contribution is 2.28.